The number of nitrogens with zero attached hydrogens (tertiary/aromatic N) is 3. The molecule has 7 aromatic rings. The highest BCUT2D eigenvalue weighted by atomic mass is 35.5. The molecular weight excluding hydrogens is 444 g/mol. The van der Waals surface area contributed by atoms with E-state index in [4.69, 9.17) is 21.6 Å². The van der Waals surface area contributed by atoms with E-state index in [9.17, 15) is 0 Å². The number of imidazole rings is 3. The Bertz CT molecular complexity index is 1830. The van der Waals surface area contributed by atoms with Gasteiger partial charge in [-0.2, -0.15) is 0 Å². The second-order valence-electron chi connectivity index (χ2n) is 8.26. The summed E-state index contributed by atoms with van der Waals surface area (Å²) in [6.45, 7) is 0. The SMILES string of the molecule is Clc1nc2ccc(-c3nc4ccc(-c5nc6ccc(-c7ccccc7)cc6[nH]5)cc4[nH]3)cc2[nH]1. The Morgan fingerprint density at radius 3 is 1.59 bits per heavy atom. The molecule has 162 valence electrons. The van der Waals surface area contributed by atoms with Gasteiger partial charge in [-0.05, 0) is 71.3 Å². The molecule has 0 aliphatic rings. The predicted molar refractivity (Wildman–Crippen MR) is 137 cm³/mol. The molecule has 0 atom stereocenters. The fourth-order valence-corrected chi connectivity index (χ4v) is 4.57. The molecule has 6 nitrogen and oxygen atoms in total. The number of hydrogen-bond acceptors (Lipinski definition) is 3. The molecule has 3 N–H and O–H groups in total. The standard InChI is InChI=1S/C27H17ClN6/c28-27-33-21-11-8-18(14-24(21)34-27)26-30-20-10-7-17(13-23(20)32-26)25-29-19-9-6-16(12-22(19)31-25)15-4-2-1-3-5-15/h1-14H,(H,29,31)(H,30,32)(H,33,34). The molecule has 7 heteroatoms. The molecule has 7 rings (SSSR count). The molecule has 3 aromatic heterocycles. The largest absolute Gasteiger partial charge is 0.338 e. The normalized spacial score (nSPS) is 11.7. The molecule has 0 unspecified atom stereocenters. The second-order valence-corrected chi connectivity index (χ2v) is 8.62. The lowest BCUT2D eigenvalue weighted by molar-refractivity contribution is 1.33. The fraction of sp³-hybridized carbons (Fsp3) is 0. The van der Waals surface area contributed by atoms with Gasteiger partial charge in [-0.1, -0.05) is 36.4 Å². The third-order valence-corrected chi connectivity index (χ3v) is 6.25. The fourth-order valence-electron chi connectivity index (χ4n) is 4.38. The zero-order chi connectivity index (χ0) is 22.6. The van der Waals surface area contributed by atoms with Crippen LogP contribution in [0.3, 0.4) is 0 Å². The van der Waals surface area contributed by atoms with E-state index in [1.165, 1.54) is 5.56 Å². The van der Waals surface area contributed by atoms with Crippen LogP contribution in [0.25, 0.3) is 67.0 Å². The molecule has 0 spiro atoms. The zero-order valence-electron chi connectivity index (χ0n) is 17.8. The van der Waals surface area contributed by atoms with Crippen molar-refractivity contribution in [1.29, 1.82) is 0 Å². The van der Waals surface area contributed by atoms with Gasteiger partial charge in [0.15, 0.2) is 0 Å². The molecule has 3 heterocycles. The van der Waals surface area contributed by atoms with Crippen LogP contribution in [0.1, 0.15) is 0 Å². The van der Waals surface area contributed by atoms with Crippen LogP contribution in [0.5, 0.6) is 0 Å². The summed E-state index contributed by atoms with van der Waals surface area (Å²) in [5.74, 6) is 1.61. The Morgan fingerprint density at radius 1 is 0.471 bits per heavy atom. The first-order valence-corrected chi connectivity index (χ1v) is 11.3. The second kappa shape index (κ2) is 7.30. The number of nitrogens with one attached hydrogen (secondary N) is 3. The predicted octanol–water partition coefficient (Wildman–Crippen LogP) is 6.97. The van der Waals surface area contributed by atoms with Gasteiger partial charge >= 0.3 is 0 Å². The maximum absolute atomic E-state index is 5.99. The van der Waals surface area contributed by atoms with Crippen LogP contribution in [0.15, 0.2) is 84.9 Å². The van der Waals surface area contributed by atoms with Crippen LogP contribution < -0.4 is 0 Å². The summed E-state index contributed by atoms with van der Waals surface area (Å²) in [7, 11) is 0. The first-order chi connectivity index (χ1) is 16.7. The van der Waals surface area contributed by atoms with Crippen LogP contribution in [0.4, 0.5) is 0 Å². The quantitative estimate of drug-likeness (QED) is 0.266. The molecule has 4 aromatic carbocycles. The molecule has 0 bridgehead atoms. The van der Waals surface area contributed by atoms with Gasteiger partial charge in [0, 0.05) is 11.1 Å². The number of rotatable bonds is 3. The van der Waals surface area contributed by atoms with E-state index in [1.807, 2.05) is 48.5 Å². The summed E-state index contributed by atoms with van der Waals surface area (Å²) in [6, 6.07) is 28.7. The minimum absolute atomic E-state index is 0.378. The number of fused-ring (bicyclic) bond motifs is 3. The van der Waals surface area contributed by atoms with Gasteiger partial charge in [0.2, 0.25) is 5.28 Å². The van der Waals surface area contributed by atoms with Gasteiger partial charge in [-0.15, -0.1) is 0 Å². The van der Waals surface area contributed by atoms with Gasteiger partial charge in [0.25, 0.3) is 0 Å². The summed E-state index contributed by atoms with van der Waals surface area (Å²) >= 11 is 5.99. The van der Waals surface area contributed by atoms with Crippen molar-refractivity contribution in [2.75, 3.05) is 0 Å². The Kier molecular flexibility index (Phi) is 4.10. The lowest BCUT2D eigenvalue weighted by Crippen LogP contribution is -1.81. The Hall–Kier alpha value is -4.42. The van der Waals surface area contributed by atoms with Gasteiger partial charge in [0.1, 0.15) is 11.6 Å². The highest BCUT2D eigenvalue weighted by Crippen LogP contribution is 2.29. The minimum Gasteiger partial charge on any atom is -0.338 e. The lowest BCUT2D eigenvalue weighted by Gasteiger charge is -2.00. The van der Waals surface area contributed by atoms with Crippen LogP contribution in [-0.4, -0.2) is 29.9 Å². The van der Waals surface area contributed by atoms with Crippen molar-refractivity contribution in [3.05, 3.63) is 90.2 Å². The summed E-state index contributed by atoms with van der Waals surface area (Å²) < 4.78 is 0. The topological polar surface area (TPSA) is 86.0 Å². The number of benzene rings is 4. The van der Waals surface area contributed by atoms with Crippen molar-refractivity contribution >= 4 is 44.7 Å². The van der Waals surface area contributed by atoms with E-state index in [-0.39, 0.29) is 0 Å². The molecule has 34 heavy (non-hydrogen) atoms. The molecule has 0 aliphatic heterocycles. The molecule has 0 amide bonds. The van der Waals surface area contributed by atoms with E-state index in [2.05, 4.69) is 56.3 Å². The maximum Gasteiger partial charge on any atom is 0.201 e. The van der Waals surface area contributed by atoms with Crippen molar-refractivity contribution in [1.82, 2.24) is 29.9 Å². The van der Waals surface area contributed by atoms with Crippen molar-refractivity contribution in [2.45, 2.75) is 0 Å². The van der Waals surface area contributed by atoms with E-state index >= 15 is 0 Å². The number of aromatic amines is 3. The van der Waals surface area contributed by atoms with Gasteiger partial charge < -0.3 is 15.0 Å². The van der Waals surface area contributed by atoms with E-state index in [0.717, 1.165) is 61.4 Å². The van der Waals surface area contributed by atoms with Crippen LogP contribution in [-0.2, 0) is 0 Å². The maximum atomic E-state index is 5.99. The molecular formula is C27H17ClN6. The van der Waals surface area contributed by atoms with E-state index in [0.29, 0.717) is 5.28 Å². The van der Waals surface area contributed by atoms with Crippen molar-refractivity contribution in [2.24, 2.45) is 0 Å². The Balaban J connectivity index is 1.27. The third kappa shape index (κ3) is 3.16. The molecule has 0 aliphatic carbocycles. The first-order valence-electron chi connectivity index (χ1n) is 10.9. The molecule has 0 radical (unpaired) electrons. The summed E-state index contributed by atoms with van der Waals surface area (Å²) in [5, 5.41) is 0.378. The number of H-pyrrole nitrogens is 3. The highest BCUT2D eigenvalue weighted by Gasteiger charge is 2.11. The van der Waals surface area contributed by atoms with Crippen LogP contribution in [0, 0.1) is 0 Å². The summed E-state index contributed by atoms with van der Waals surface area (Å²) in [6.07, 6.45) is 0. The summed E-state index contributed by atoms with van der Waals surface area (Å²) in [4.78, 5) is 23.8. The van der Waals surface area contributed by atoms with E-state index < -0.39 is 0 Å². The van der Waals surface area contributed by atoms with Crippen LogP contribution in [0.2, 0.25) is 5.28 Å². The van der Waals surface area contributed by atoms with E-state index in [1.54, 1.807) is 0 Å². The highest BCUT2D eigenvalue weighted by molar-refractivity contribution is 6.29. The molecule has 0 saturated carbocycles. The molecule has 0 saturated heterocycles. The van der Waals surface area contributed by atoms with Crippen LogP contribution >= 0.6 is 11.6 Å². The summed E-state index contributed by atoms with van der Waals surface area (Å²) in [5.41, 5.74) is 9.78. The average molecular weight is 461 g/mol. The van der Waals surface area contributed by atoms with Gasteiger partial charge in [-0.3, -0.25) is 0 Å². The Morgan fingerprint density at radius 2 is 0.971 bits per heavy atom. The number of hydrogen-bond donors (Lipinski definition) is 3. The van der Waals surface area contributed by atoms with Gasteiger partial charge in [0.05, 0.1) is 33.1 Å². The zero-order valence-corrected chi connectivity index (χ0v) is 18.6. The number of halogens is 1. The van der Waals surface area contributed by atoms with Gasteiger partial charge in [-0.25, -0.2) is 15.0 Å². The smallest absolute Gasteiger partial charge is 0.201 e. The van der Waals surface area contributed by atoms with Crippen molar-refractivity contribution < 1.29 is 0 Å². The third-order valence-electron chi connectivity index (χ3n) is 6.07. The average Bonchev–Trinajstić information content (AvgIpc) is 3.58. The van der Waals surface area contributed by atoms with Crippen molar-refractivity contribution in [3.63, 3.8) is 0 Å². The Labute approximate surface area is 198 Å². The minimum atomic E-state index is 0.378. The van der Waals surface area contributed by atoms with Crippen molar-refractivity contribution in [3.8, 4) is 33.9 Å². The molecule has 0 fully saturated rings. The first kappa shape index (κ1) is 19.1. The number of aromatic nitrogens is 6. The monoisotopic (exact) mass is 460 g/mol. The lowest BCUT2D eigenvalue weighted by atomic mass is 10.1.